The van der Waals surface area contributed by atoms with Crippen LogP contribution in [-0.4, -0.2) is 85.4 Å². The average Bonchev–Trinajstić information content (AvgIpc) is 3.90. The van der Waals surface area contributed by atoms with Crippen LogP contribution in [0.3, 0.4) is 0 Å². The highest BCUT2D eigenvalue weighted by molar-refractivity contribution is 5.84. The van der Waals surface area contributed by atoms with Gasteiger partial charge in [-0.05, 0) is 144 Å². The summed E-state index contributed by atoms with van der Waals surface area (Å²) in [6, 6.07) is 4.16. The first-order chi connectivity index (χ1) is 23.6. The zero-order valence-electron chi connectivity index (χ0n) is 28.9. The van der Waals surface area contributed by atoms with Gasteiger partial charge in [0.25, 0.3) is 11.8 Å². The number of quaternary nitrogens is 2. The highest BCUT2D eigenvalue weighted by Crippen LogP contribution is 2.64. The normalized spacial score (nSPS) is 50.0. The second-order valence-corrected chi connectivity index (χ2v) is 18.8. The molecule has 12 atom stereocenters. The first-order valence-corrected chi connectivity index (χ1v) is 19.0. The third kappa shape index (κ3) is 5.58. The number of rotatable bonds is 4. The molecule has 8 N–H and O–H groups in total. The van der Waals surface area contributed by atoms with Gasteiger partial charge in [0.05, 0.1) is 23.3 Å². The van der Waals surface area contributed by atoms with Crippen molar-refractivity contribution in [2.24, 2.45) is 46.3 Å². The Bertz CT molecular complexity index is 1400. The van der Waals surface area contributed by atoms with Gasteiger partial charge in [-0.3, -0.25) is 9.59 Å². The quantitative estimate of drug-likeness (QED) is 0.266. The smallest absolute Gasteiger partial charge is 0.282 e. The van der Waals surface area contributed by atoms with Crippen molar-refractivity contribution in [1.82, 2.24) is 9.80 Å². The molecule has 2 saturated heterocycles. The van der Waals surface area contributed by atoms with Crippen molar-refractivity contribution in [2.75, 3.05) is 0 Å². The fourth-order valence-corrected chi connectivity index (χ4v) is 14.0. The summed E-state index contributed by atoms with van der Waals surface area (Å²) < 4.78 is 0. The summed E-state index contributed by atoms with van der Waals surface area (Å²) in [6.07, 6.45) is 13.3. The third-order valence-electron chi connectivity index (χ3n) is 15.2. The Labute approximate surface area is 292 Å². The number of piperidine rings is 2. The highest BCUT2D eigenvalue weighted by Gasteiger charge is 2.66. The number of amides is 2. The summed E-state index contributed by atoms with van der Waals surface area (Å²) >= 11 is 0. The van der Waals surface area contributed by atoms with Crippen LogP contribution in [-0.2, 0) is 9.59 Å². The standard InChI is InChI=1S/2C18H25N3O2.CH2O3/c2*19-8-13-2-12-3-14(12)21(13)16(22)15(20)17-4-10-1-11(5-17)7-18(23,6-10)9-17;2-1(3)4/h2*10-15,23H,1-7,9,20H2;(H2,2,3,4)/t2*10?,11?,12-,13+,14+,15-,17?,18?;/m11./s1. The molecule has 10 saturated carbocycles. The van der Waals surface area contributed by atoms with E-state index in [-0.39, 0.29) is 46.8 Å². The van der Waals surface area contributed by atoms with Crippen LogP contribution >= 0.6 is 0 Å². The van der Waals surface area contributed by atoms with Crippen LogP contribution in [0.15, 0.2) is 0 Å². The van der Waals surface area contributed by atoms with Gasteiger partial charge in [0, 0.05) is 22.9 Å². The first kappa shape index (κ1) is 34.1. The molecule has 8 bridgehead atoms. The van der Waals surface area contributed by atoms with E-state index in [1.165, 1.54) is 12.8 Å². The van der Waals surface area contributed by atoms with Crippen molar-refractivity contribution in [2.45, 2.75) is 150 Å². The van der Waals surface area contributed by atoms with Crippen LogP contribution < -0.4 is 21.7 Å². The van der Waals surface area contributed by atoms with E-state index >= 15 is 0 Å². The molecule has 0 aromatic rings. The molecule has 12 rings (SSSR count). The lowest BCUT2D eigenvalue weighted by Gasteiger charge is -2.60. The van der Waals surface area contributed by atoms with Crippen molar-refractivity contribution in [3.8, 4) is 12.1 Å². The van der Waals surface area contributed by atoms with E-state index in [1.807, 2.05) is 9.80 Å². The number of fused-ring (bicyclic) bond motifs is 2. The summed E-state index contributed by atoms with van der Waals surface area (Å²) in [7, 11) is 0. The number of hydrogen-bond acceptors (Lipinski definition) is 9. The largest absolute Gasteiger partial charge is 0.652 e. The molecule has 2 amide bonds. The topological polar surface area (TPSA) is 247 Å². The molecule has 13 nitrogen and oxygen atoms in total. The average molecular weight is 693 g/mol. The maximum atomic E-state index is 13.2. The summed E-state index contributed by atoms with van der Waals surface area (Å²) in [6.45, 7) is 0. The SMILES string of the molecule is N#C[C@@H]1C[C@@H]2C[C@@H]2N1C(=O)[C@@H]([NH3+])C12CC3CC(CC(O)(C3)C1)C2.N#C[C@@H]1C[C@@H]2C[C@@H]2N1C(=O)[C@@H]([NH3+])C12CC3CC(CC(O)(C3)C1)C2.O=C([O-])[O-]. The van der Waals surface area contributed by atoms with Crippen molar-refractivity contribution in [3.63, 3.8) is 0 Å². The summed E-state index contributed by atoms with van der Waals surface area (Å²) in [5.74, 6) is 3.55. The molecule has 10 aliphatic carbocycles. The van der Waals surface area contributed by atoms with E-state index in [4.69, 9.17) is 15.0 Å². The predicted molar refractivity (Wildman–Crippen MR) is 168 cm³/mol. The Hall–Kier alpha value is -2.97. The maximum absolute atomic E-state index is 13.2. The van der Waals surface area contributed by atoms with E-state index in [9.17, 15) is 30.3 Å². The maximum Gasteiger partial charge on any atom is 0.282 e. The number of carboxylic acid groups (broad SMARTS) is 2. The summed E-state index contributed by atoms with van der Waals surface area (Å²) in [5.41, 5.74) is 7.28. The number of carbonyl (C=O) groups excluding carboxylic acids is 3. The summed E-state index contributed by atoms with van der Waals surface area (Å²) in [5, 5.41) is 57.3. The molecule has 12 fully saturated rings. The lowest BCUT2D eigenvalue weighted by atomic mass is 9.46. The van der Waals surface area contributed by atoms with Gasteiger partial charge in [-0.1, -0.05) is 0 Å². The number of nitriles is 2. The Balaban J connectivity index is 0.000000131. The molecule has 4 unspecified atom stereocenters. The number of aliphatic hydroxyl groups is 2. The lowest BCUT2D eigenvalue weighted by Crippen LogP contribution is -2.78. The minimum Gasteiger partial charge on any atom is -0.652 e. The molecule has 272 valence electrons. The van der Waals surface area contributed by atoms with Crippen molar-refractivity contribution in [1.29, 1.82) is 10.5 Å². The minimum atomic E-state index is -2.33. The monoisotopic (exact) mass is 692 g/mol. The van der Waals surface area contributed by atoms with Crippen LogP contribution in [0, 0.1) is 69.0 Å². The lowest BCUT2D eigenvalue weighted by molar-refractivity contribution is -0.445. The fourth-order valence-electron chi connectivity index (χ4n) is 14.0. The Morgan fingerprint density at radius 2 is 0.940 bits per heavy atom. The number of likely N-dealkylation sites (tertiary alicyclic amines) is 2. The molecule has 2 heterocycles. The molecule has 0 aromatic heterocycles. The third-order valence-corrected chi connectivity index (χ3v) is 15.2. The van der Waals surface area contributed by atoms with Gasteiger partial charge >= 0.3 is 0 Å². The van der Waals surface area contributed by atoms with Gasteiger partial charge < -0.3 is 46.5 Å². The molecule has 12 aliphatic rings. The molecule has 50 heavy (non-hydrogen) atoms. The molecular formula is C37H52N6O7. The van der Waals surface area contributed by atoms with E-state index < -0.39 is 17.4 Å². The molecular weight excluding hydrogens is 640 g/mol. The van der Waals surface area contributed by atoms with E-state index in [0.29, 0.717) is 47.6 Å². The Morgan fingerprint density at radius 1 is 0.620 bits per heavy atom. The number of hydrogen-bond donors (Lipinski definition) is 4. The highest BCUT2D eigenvalue weighted by atomic mass is 16.6. The van der Waals surface area contributed by atoms with Gasteiger partial charge in [0.15, 0.2) is 12.1 Å². The molecule has 0 aromatic carbocycles. The van der Waals surface area contributed by atoms with Gasteiger partial charge in [0.2, 0.25) is 0 Å². The first-order valence-electron chi connectivity index (χ1n) is 19.0. The van der Waals surface area contributed by atoms with E-state index in [1.54, 1.807) is 0 Å². The zero-order valence-corrected chi connectivity index (χ0v) is 28.9. The van der Waals surface area contributed by atoms with Crippen molar-refractivity contribution >= 4 is 18.0 Å². The van der Waals surface area contributed by atoms with Crippen LogP contribution in [0.1, 0.15) is 103 Å². The number of carbonyl (C=O) groups is 3. The Kier molecular flexibility index (Phi) is 7.86. The fraction of sp³-hybridized carbons (Fsp3) is 0.865. The Morgan fingerprint density at radius 3 is 1.22 bits per heavy atom. The second-order valence-electron chi connectivity index (χ2n) is 18.8. The minimum absolute atomic E-state index is 0.0899. The van der Waals surface area contributed by atoms with E-state index in [2.05, 4.69) is 23.6 Å². The van der Waals surface area contributed by atoms with Crippen molar-refractivity contribution < 1.29 is 46.3 Å². The van der Waals surface area contributed by atoms with Gasteiger partial charge in [-0.15, -0.1) is 0 Å². The molecule has 2 aliphatic heterocycles. The van der Waals surface area contributed by atoms with Crippen LogP contribution in [0.2, 0.25) is 0 Å². The second kappa shape index (κ2) is 11.5. The summed E-state index contributed by atoms with van der Waals surface area (Å²) in [4.78, 5) is 38.5. The van der Waals surface area contributed by atoms with E-state index in [0.717, 1.165) is 89.9 Å². The molecule has 0 spiro atoms. The van der Waals surface area contributed by atoms with Crippen LogP contribution in [0.4, 0.5) is 4.79 Å². The zero-order chi connectivity index (χ0) is 35.5. The van der Waals surface area contributed by atoms with Crippen LogP contribution in [0.5, 0.6) is 0 Å². The van der Waals surface area contributed by atoms with Gasteiger partial charge in [0.1, 0.15) is 12.1 Å². The van der Waals surface area contributed by atoms with Gasteiger partial charge in [-0.25, -0.2) is 0 Å². The van der Waals surface area contributed by atoms with Crippen molar-refractivity contribution in [3.05, 3.63) is 0 Å². The molecule has 13 heteroatoms. The van der Waals surface area contributed by atoms with Gasteiger partial charge in [-0.2, -0.15) is 10.5 Å². The van der Waals surface area contributed by atoms with Crippen LogP contribution in [0.25, 0.3) is 0 Å². The number of nitrogens with zero attached hydrogens (tertiary/aromatic N) is 4. The predicted octanol–water partition coefficient (Wildman–Crippen LogP) is -1.56. The molecule has 0 radical (unpaired) electrons.